The Balaban J connectivity index is 2.68. The van der Waals surface area contributed by atoms with Crippen LogP contribution in [0.25, 0.3) is 0 Å². The van der Waals surface area contributed by atoms with Gasteiger partial charge in [-0.05, 0) is 18.0 Å². The average molecular weight is 260 g/mol. The van der Waals surface area contributed by atoms with Gasteiger partial charge in [0.15, 0.2) is 0 Å². The Morgan fingerprint density at radius 2 is 1.94 bits per heavy atom. The number of aromatic nitrogens is 3. The van der Waals surface area contributed by atoms with Gasteiger partial charge < -0.3 is 9.47 Å². The summed E-state index contributed by atoms with van der Waals surface area (Å²) in [6, 6.07) is -0.0688. The Morgan fingerprint density at radius 1 is 1.24 bits per heavy atom. The summed E-state index contributed by atoms with van der Waals surface area (Å²) in [6.07, 6.45) is 2.11. The smallest absolute Gasteiger partial charge is 0.331 e. The molecule has 0 atom stereocenters. The Kier molecular flexibility index (Phi) is 5.62. The summed E-state index contributed by atoms with van der Waals surface area (Å²) in [6.45, 7) is 4.19. The minimum Gasteiger partial charge on any atom is -0.463 e. The maximum Gasteiger partial charge on any atom is 0.331 e. The molecule has 0 saturated heterocycles. The van der Waals surface area contributed by atoms with Gasteiger partial charge in [-0.15, -0.1) is 4.98 Å². The monoisotopic (exact) mass is 259 g/mol. The van der Waals surface area contributed by atoms with Crippen molar-refractivity contribution < 1.29 is 14.3 Å². The van der Waals surface area contributed by atoms with E-state index >= 15 is 0 Å². The van der Waals surface area contributed by atoms with Crippen molar-refractivity contribution in [2.45, 2.75) is 33.1 Å². The van der Waals surface area contributed by atoms with E-state index in [1.165, 1.54) is 0 Å². The molecule has 0 amide bonds. The van der Waals surface area contributed by atoms with Crippen molar-refractivity contribution in [1.82, 2.24) is 15.0 Å². The zero-order valence-electron chi connectivity index (χ0n) is 9.77. The molecule has 1 aromatic rings. The zero-order valence-corrected chi connectivity index (χ0v) is 10.5. The number of nitrogens with zero attached hydrogens (tertiary/aromatic N) is 3. The Labute approximate surface area is 104 Å². The van der Waals surface area contributed by atoms with Crippen LogP contribution >= 0.6 is 11.6 Å². The molecule has 0 aliphatic carbocycles. The molecule has 0 unspecified atom stereocenters. The van der Waals surface area contributed by atoms with Gasteiger partial charge in [-0.25, -0.2) is 0 Å². The van der Waals surface area contributed by atoms with Crippen LogP contribution in [-0.2, 0) is 4.79 Å². The second-order valence-corrected chi connectivity index (χ2v) is 3.54. The van der Waals surface area contributed by atoms with Crippen molar-refractivity contribution in [3.05, 3.63) is 5.28 Å². The first-order valence-corrected chi connectivity index (χ1v) is 5.78. The molecule has 0 N–H and O–H groups in total. The van der Waals surface area contributed by atoms with Gasteiger partial charge in [0.25, 0.3) is 0 Å². The number of esters is 1. The van der Waals surface area contributed by atoms with Crippen LogP contribution in [0.3, 0.4) is 0 Å². The number of ether oxygens (including phenoxy) is 2. The van der Waals surface area contributed by atoms with Crippen LogP contribution in [-0.4, -0.2) is 27.5 Å². The van der Waals surface area contributed by atoms with Crippen molar-refractivity contribution >= 4 is 17.6 Å². The van der Waals surface area contributed by atoms with Crippen molar-refractivity contribution in [1.29, 1.82) is 0 Å². The molecular weight excluding hydrogens is 246 g/mol. The largest absolute Gasteiger partial charge is 0.463 e. The van der Waals surface area contributed by atoms with E-state index in [0.29, 0.717) is 6.61 Å². The van der Waals surface area contributed by atoms with Gasteiger partial charge in [-0.1, -0.05) is 20.3 Å². The summed E-state index contributed by atoms with van der Waals surface area (Å²) in [7, 11) is 0. The van der Waals surface area contributed by atoms with E-state index < -0.39 is 5.97 Å². The Morgan fingerprint density at radius 3 is 2.59 bits per heavy atom. The van der Waals surface area contributed by atoms with E-state index in [9.17, 15) is 4.79 Å². The van der Waals surface area contributed by atoms with E-state index in [1.54, 1.807) is 6.92 Å². The van der Waals surface area contributed by atoms with E-state index in [4.69, 9.17) is 21.1 Å². The molecule has 0 saturated carbocycles. The molecule has 94 valence electrons. The highest BCUT2D eigenvalue weighted by atomic mass is 35.5. The highest BCUT2D eigenvalue weighted by molar-refractivity contribution is 6.28. The minimum absolute atomic E-state index is 0.0644. The van der Waals surface area contributed by atoms with Crippen LogP contribution in [0.1, 0.15) is 33.1 Å². The number of carbonyl (C=O) groups is 1. The summed E-state index contributed by atoms with van der Waals surface area (Å²) in [5.41, 5.74) is 0. The lowest BCUT2D eigenvalue weighted by atomic mass is 10.4. The molecule has 0 bridgehead atoms. The van der Waals surface area contributed by atoms with E-state index in [1.807, 2.05) is 6.92 Å². The fourth-order valence-electron chi connectivity index (χ4n) is 0.907. The van der Waals surface area contributed by atoms with Crippen molar-refractivity contribution in [2.75, 3.05) is 6.61 Å². The third-order valence-electron chi connectivity index (χ3n) is 1.79. The predicted molar refractivity (Wildman–Crippen MR) is 61.2 cm³/mol. The summed E-state index contributed by atoms with van der Waals surface area (Å²) < 4.78 is 10.1. The third-order valence-corrected chi connectivity index (χ3v) is 1.96. The molecule has 0 radical (unpaired) electrons. The van der Waals surface area contributed by atoms with Crippen LogP contribution in [0.15, 0.2) is 0 Å². The second kappa shape index (κ2) is 7.01. The van der Waals surface area contributed by atoms with Gasteiger partial charge >= 0.3 is 18.0 Å². The van der Waals surface area contributed by atoms with Crippen LogP contribution in [0.5, 0.6) is 12.0 Å². The number of carbonyl (C=O) groups excluding carboxylic acids is 1. The maximum absolute atomic E-state index is 11.1. The molecule has 17 heavy (non-hydrogen) atoms. The third kappa shape index (κ3) is 4.95. The lowest BCUT2D eigenvalue weighted by molar-refractivity contribution is -0.134. The van der Waals surface area contributed by atoms with Gasteiger partial charge in [0.2, 0.25) is 5.28 Å². The van der Waals surface area contributed by atoms with Crippen molar-refractivity contribution in [3.63, 3.8) is 0 Å². The first-order valence-electron chi connectivity index (χ1n) is 5.40. The molecule has 0 aliphatic rings. The van der Waals surface area contributed by atoms with Gasteiger partial charge in [-0.3, -0.25) is 4.79 Å². The Bertz CT molecular complexity index is 387. The van der Waals surface area contributed by atoms with E-state index in [2.05, 4.69) is 15.0 Å². The molecule has 0 aliphatic heterocycles. The highest BCUT2D eigenvalue weighted by Crippen LogP contribution is 2.13. The fourth-order valence-corrected chi connectivity index (χ4v) is 1.05. The molecule has 0 fully saturated rings. The van der Waals surface area contributed by atoms with Crippen LogP contribution < -0.4 is 9.47 Å². The topological polar surface area (TPSA) is 74.2 Å². The molecule has 7 heteroatoms. The SMILES string of the molecule is CCCCOc1nc(Cl)nc(OC(=O)CC)n1. The standard InChI is InChI=1S/C10H14ClN3O3/c1-3-5-6-16-9-12-8(11)13-10(14-9)17-7(15)4-2/h3-6H2,1-2H3. The van der Waals surface area contributed by atoms with Crippen LogP contribution in [0.4, 0.5) is 0 Å². The predicted octanol–water partition coefficient (Wildman–Crippen LogP) is 2.02. The summed E-state index contributed by atoms with van der Waals surface area (Å²) in [5, 5.41) is -0.0644. The molecule has 6 nitrogen and oxygen atoms in total. The summed E-state index contributed by atoms with van der Waals surface area (Å²) in [4.78, 5) is 22.3. The van der Waals surface area contributed by atoms with Crippen LogP contribution in [0, 0.1) is 0 Å². The molecule has 1 aromatic heterocycles. The quantitative estimate of drug-likeness (QED) is 0.575. The number of halogens is 1. The van der Waals surface area contributed by atoms with Crippen molar-refractivity contribution in [2.24, 2.45) is 0 Å². The lowest BCUT2D eigenvalue weighted by Crippen LogP contribution is -2.10. The molecule has 0 aromatic carbocycles. The number of hydrogen-bond donors (Lipinski definition) is 0. The van der Waals surface area contributed by atoms with E-state index in [-0.39, 0.29) is 23.7 Å². The number of rotatable bonds is 6. The summed E-state index contributed by atoms with van der Waals surface area (Å²) >= 11 is 5.66. The first-order chi connectivity index (χ1) is 8.15. The first kappa shape index (κ1) is 13.6. The fraction of sp³-hybridized carbons (Fsp3) is 0.600. The van der Waals surface area contributed by atoms with Crippen molar-refractivity contribution in [3.8, 4) is 12.0 Å². The van der Waals surface area contributed by atoms with Gasteiger partial charge in [0.1, 0.15) is 0 Å². The zero-order chi connectivity index (χ0) is 12.7. The molecular formula is C10H14ClN3O3. The van der Waals surface area contributed by atoms with Crippen LogP contribution in [0.2, 0.25) is 5.28 Å². The highest BCUT2D eigenvalue weighted by Gasteiger charge is 2.10. The Hall–Kier alpha value is -1.43. The molecule has 1 rings (SSSR count). The average Bonchev–Trinajstić information content (AvgIpc) is 2.28. The van der Waals surface area contributed by atoms with Gasteiger partial charge in [-0.2, -0.15) is 9.97 Å². The minimum atomic E-state index is -0.438. The van der Waals surface area contributed by atoms with Gasteiger partial charge in [0.05, 0.1) is 6.61 Å². The van der Waals surface area contributed by atoms with E-state index in [0.717, 1.165) is 12.8 Å². The van der Waals surface area contributed by atoms with Gasteiger partial charge in [0, 0.05) is 6.42 Å². The molecule has 1 heterocycles. The normalized spacial score (nSPS) is 10.1. The molecule has 0 spiro atoms. The maximum atomic E-state index is 11.1. The summed E-state index contributed by atoms with van der Waals surface area (Å²) in [5.74, 6) is -0.438. The second-order valence-electron chi connectivity index (χ2n) is 3.20. The number of unbranched alkanes of at least 4 members (excludes halogenated alkanes) is 1. The number of hydrogen-bond acceptors (Lipinski definition) is 6. The lowest BCUT2D eigenvalue weighted by Gasteiger charge is -2.05.